The molecule has 1 amide bonds. The Labute approximate surface area is 105 Å². The van der Waals surface area contributed by atoms with Gasteiger partial charge in [-0.1, -0.05) is 13.8 Å². The highest BCUT2D eigenvalue weighted by molar-refractivity contribution is 5.76. The highest BCUT2D eigenvalue weighted by Crippen LogP contribution is 2.18. The maximum Gasteiger partial charge on any atom is 0.222 e. The van der Waals surface area contributed by atoms with Crippen LogP contribution in [0.1, 0.15) is 26.7 Å². The lowest BCUT2D eigenvalue weighted by atomic mass is 9.93. The van der Waals surface area contributed by atoms with Crippen LogP contribution in [0.2, 0.25) is 0 Å². The standard InChI is InChI=1S/C13H26N2O2/c1-10(9-17-4)7-13(16)15-6-5-12(14-3)11(2)8-15/h10-12,14H,5-9H2,1-4H3. The molecule has 1 saturated heterocycles. The number of hydrogen-bond acceptors (Lipinski definition) is 3. The van der Waals surface area contributed by atoms with Crippen LogP contribution in [0.15, 0.2) is 0 Å². The van der Waals surface area contributed by atoms with Gasteiger partial charge in [0.05, 0.1) is 0 Å². The van der Waals surface area contributed by atoms with E-state index in [1.807, 2.05) is 11.9 Å². The lowest BCUT2D eigenvalue weighted by molar-refractivity contribution is -0.134. The first-order valence-corrected chi connectivity index (χ1v) is 6.52. The van der Waals surface area contributed by atoms with Gasteiger partial charge in [-0.2, -0.15) is 0 Å². The fourth-order valence-electron chi connectivity index (χ4n) is 2.57. The van der Waals surface area contributed by atoms with Crippen LogP contribution in [-0.4, -0.2) is 50.7 Å². The van der Waals surface area contributed by atoms with Crippen LogP contribution in [0.4, 0.5) is 0 Å². The predicted molar refractivity (Wildman–Crippen MR) is 68.9 cm³/mol. The quantitative estimate of drug-likeness (QED) is 0.785. The van der Waals surface area contributed by atoms with Crippen LogP contribution in [0.3, 0.4) is 0 Å². The number of rotatable bonds is 5. The van der Waals surface area contributed by atoms with E-state index >= 15 is 0 Å². The number of methoxy groups -OCH3 is 1. The van der Waals surface area contributed by atoms with Gasteiger partial charge in [0.15, 0.2) is 0 Å². The van der Waals surface area contributed by atoms with E-state index < -0.39 is 0 Å². The number of amides is 1. The van der Waals surface area contributed by atoms with Crippen molar-refractivity contribution in [3.63, 3.8) is 0 Å². The molecule has 4 nitrogen and oxygen atoms in total. The molecule has 3 atom stereocenters. The summed E-state index contributed by atoms with van der Waals surface area (Å²) in [5, 5.41) is 3.32. The van der Waals surface area contributed by atoms with Crippen molar-refractivity contribution in [3.05, 3.63) is 0 Å². The molecule has 1 heterocycles. The van der Waals surface area contributed by atoms with Crippen LogP contribution in [0.25, 0.3) is 0 Å². The monoisotopic (exact) mass is 242 g/mol. The Balaban J connectivity index is 2.38. The second-order valence-electron chi connectivity index (χ2n) is 5.27. The van der Waals surface area contributed by atoms with Crippen LogP contribution in [0.5, 0.6) is 0 Å². The molecule has 0 aromatic heterocycles. The minimum Gasteiger partial charge on any atom is -0.384 e. The molecule has 1 aliphatic rings. The van der Waals surface area contributed by atoms with Gasteiger partial charge < -0.3 is 15.0 Å². The van der Waals surface area contributed by atoms with Crippen LogP contribution >= 0.6 is 0 Å². The fraction of sp³-hybridized carbons (Fsp3) is 0.923. The molecule has 1 rings (SSSR count). The second kappa shape index (κ2) is 6.97. The van der Waals surface area contributed by atoms with Crippen molar-refractivity contribution in [3.8, 4) is 0 Å². The van der Waals surface area contributed by atoms with Gasteiger partial charge in [0.2, 0.25) is 5.91 Å². The lowest BCUT2D eigenvalue weighted by Crippen LogP contribution is -2.49. The average Bonchev–Trinajstić information content (AvgIpc) is 2.29. The number of carbonyl (C=O) groups excluding carboxylic acids is 1. The first-order chi connectivity index (χ1) is 8.08. The molecule has 1 fully saturated rings. The normalized spacial score (nSPS) is 26.9. The van der Waals surface area contributed by atoms with Crippen molar-refractivity contribution in [2.24, 2.45) is 11.8 Å². The Bertz CT molecular complexity index is 246. The van der Waals surface area contributed by atoms with Crippen LogP contribution in [0, 0.1) is 11.8 Å². The lowest BCUT2D eigenvalue weighted by Gasteiger charge is -2.37. The maximum atomic E-state index is 12.1. The van der Waals surface area contributed by atoms with Crippen molar-refractivity contribution >= 4 is 5.91 Å². The minimum absolute atomic E-state index is 0.274. The first-order valence-electron chi connectivity index (χ1n) is 6.52. The molecule has 3 unspecified atom stereocenters. The van der Waals surface area contributed by atoms with Crippen LogP contribution < -0.4 is 5.32 Å². The molecule has 100 valence electrons. The molecule has 4 heteroatoms. The Morgan fingerprint density at radius 3 is 2.82 bits per heavy atom. The Hall–Kier alpha value is -0.610. The topological polar surface area (TPSA) is 41.6 Å². The SMILES string of the molecule is CNC1CCN(C(=O)CC(C)COC)CC1C. The predicted octanol–water partition coefficient (Wildman–Crippen LogP) is 1.12. The van der Waals surface area contributed by atoms with Gasteiger partial charge in [-0.05, 0) is 25.3 Å². The van der Waals surface area contributed by atoms with Gasteiger partial charge in [0.1, 0.15) is 0 Å². The molecule has 17 heavy (non-hydrogen) atoms. The zero-order valence-electron chi connectivity index (χ0n) is 11.5. The fourth-order valence-corrected chi connectivity index (χ4v) is 2.57. The van der Waals surface area contributed by atoms with Gasteiger partial charge >= 0.3 is 0 Å². The zero-order valence-corrected chi connectivity index (χ0v) is 11.5. The highest BCUT2D eigenvalue weighted by Gasteiger charge is 2.27. The third kappa shape index (κ3) is 4.28. The third-order valence-corrected chi connectivity index (χ3v) is 3.60. The zero-order chi connectivity index (χ0) is 12.8. The van der Waals surface area contributed by atoms with Gasteiger partial charge in [0, 0.05) is 39.3 Å². The molecule has 1 N–H and O–H groups in total. The number of nitrogens with zero attached hydrogens (tertiary/aromatic N) is 1. The number of ether oxygens (including phenoxy) is 1. The smallest absolute Gasteiger partial charge is 0.222 e. The van der Waals surface area contributed by atoms with E-state index in [0.29, 0.717) is 30.9 Å². The molecule has 0 saturated carbocycles. The van der Waals surface area contributed by atoms with Crippen molar-refractivity contribution in [1.82, 2.24) is 10.2 Å². The van der Waals surface area contributed by atoms with Crippen LogP contribution in [-0.2, 0) is 9.53 Å². The molecular formula is C13H26N2O2. The van der Waals surface area contributed by atoms with Crippen molar-refractivity contribution < 1.29 is 9.53 Å². The number of likely N-dealkylation sites (tertiary alicyclic amines) is 1. The molecular weight excluding hydrogens is 216 g/mol. The van der Waals surface area contributed by atoms with E-state index in [4.69, 9.17) is 4.74 Å². The summed E-state index contributed by atoms with van der Waals surface area (Å²) in [6, 6.07) is 0.551. The molecule has 0 bridgehead atoms. The van der Waals surface area contributed by atoms with E-state index in [1.165, 1.54) is 0 Å². The van der Waals surface area contributed by atoms with E-state index in [0.717, 1.165) is 19.5 Å². The summed E-state index contributed by atoms with van der Waals surface area (Å²) in [5.74, 6) is 1.12. The molecule has 0 radical (unpaired) electrons. The number of piperidine rings is 1. The molecule has 0 aliphatic carbocycles. The second-order valence-corrected chi connectivity index (χ2v) is 5.27. The van der Waals surface area contributed by atoms with Gasteiger partial charge in [-0.3, -0.25) is 4.79 Å². The summed E-state index contributed by atoms with van der Waals surface area (Å²) in [4.78, 5) is 14.1. The van der Waals surface area contributed by atoms with Gasteiger partial charge in [0.25, 0.3) is 0 Å². The van der Waals surface area contributed by atoms with E-state index in [1.54, 1.807) is 7.11 Å². The highest BCUT2D eigenvalue weighted by atomic mass is 16.5. The van der Waals surface area contributed by atoms with Crippen molar-refractivity contribution in [2.75, 3.05) is 33.9 Å². The summed E-state index contributed by atoms with van der Waals surface area (Å²) >= 11 is 0. The third-order valence-electron chi connectivity index (χ3n) is 3.60. The average molecular weight is 242 g/mol. The largest absolute Gasteiger partial charge is 0.384 e. The Morgan fingerprint density at radius 2 is 2.29 bits per heavy atom. The van der Waals surface area contributed by atoms with Crippen molar-refractivity contribution in [2.45, 2.75) is 32.7 Å². The van der Waals surface area contributed by atoms with Crippen molar-refractivity contribution in [1.29, 1.82) is 0 Å². The summed E-state index contributed by atoms with van der Waals surface area (Å²) in [6.45, 7) is 6.69. The van der Waals surface area contributed by atoms with Gasteiger partial charge in [-0.25, -0.2) is 0 Å². The summed E-state index contributed by atoms with van der Waals surface area (Å²) in [7, 11) is 3.68. The minimum atomic E-state index is 0.274. The molecule has 0 aromatic carbocycles. The Kier molecular flexibility index (Phi) is 5.92. The van der Waals surface area contributed by atoms with E-state index in [9.17, 15) is 4.79 Å². The number of carbonyl (C=O) groups is 1. The molecule has 0 spiro atoms. The Morgan fingerprint density at radius 1 is 1.59 bits per heavy atom. The van der Waals surface area contributed by atoms with Gasteiger partial charge in [-0.15, -0.1) is 0 Å². The molecule has 1 aliphatic heterocycles. The maximum absolute atomic E-state index is 12.1. The van der Waals surface area contributed by atoms with E-state index in [-0.39, 0.29) is 5.91 Å². The summed E-state index contributed by atoms with van der Waals surface area (Å²) in [5.41, 5.74) is 0. The summed E-state index contributed by atoms with van der Waals surface area (Å²) in [6.07, 6.45) is 1.66. The number of hydrogen-bond donors (Lipinski definition) is 1. The first kappa shape index (κ1) is 14.5. The number of nitrogens with one attached hydrogen (secondary N) is 1. The summed E-state index contributed by atoms with van der Waals surface area (Å²) < 4.78 is 5.07. The van der Waals surface area contributed by atoms with E-state index in [2.05, 4.69) is 19.2 Å². The molecule has 0 aromatic rings.